The number of anilines is 1. The topological polar surface area (TPSA) is 44.3 Å². The third-order valence-corrected chi connectivity index (χ3v) is 3.29. The maximum absolute atomic E-state index is 9.58. The van der Waals surface area contributed by atoms with Crippen molar-refractivity contribution >= 4 is 18.1 Å². The van der Waals surface area contributed by atoms with Crippen molar-refractivity contribution in [3.05, 3.63) is 29.8 Å². The molecule has 3 N–H and O–H groups in total. The lowest BCUT2D eigenvalue weighted by Gasteiger charge is -2.37. The number of halogens is 1. The first-order valence-corrected chi connectivity index (χ1v) is 5.91. The molecule has 1 heterocycles. The highest BCUT2D eigenvalue weighted by Gasteiger charge is 2.30. The molecule has 4 heteroatoms. The molecule has 0 radical (unpaired) electrons. The van der Waals surface area contributed by atoms with Gasteiger partial charge in [0.15, 0.2) is 0 Å². The molecule has 0 aromatic heterocycles. The summed E-state index contributed by atoms with van der Waals surface area (Å²) in [6.07, 6.45) is 1.94. The fraction of sp³-hybridized carbons (Fsp3) is 0.538. The van der Waals surface area contributed by atoms with E-state index < -0.39 is 0 Å². The number of aliphatic hydroxyl groups is 1. The van der Waals surface area contributed by atoms with E-state index in [1.165, 1.54) is 5.56 Å². The normalized spacial score (nSPS) is 18.2. The second-order valence-corrected chi connectivity index (χ2v) is 4.68. The number of aliphatic hydroxyl groups excluding tert-OH is 1. The number of hydrogen-bond acceptors (Lipinski definition) is 3. The summed E-state index contributed by atoms with van der Waals surface area (Å²) < 4.78 is 0. The second kappa shape index (κ2) is 6.24. The molecule has 0 amide bonds. The maximum Gasteiger partial charge on any atom is 0.0662 e. The summed E-state index contributed by atoms with van der Waals surface area (Å²) in [4.78, 5) is 0. The lowest BCUT2D eigenvalue weighted by Crippen LogP contribution is -2.50. The predicted octanol–water partition coefficient (Wildman–Crippen LogP) is 1.94. The molecule has 2 rings (SSSR count). The predicted molar refractivity (Wildman–Crippen MR) is 74.0 cm³/mol. The molecular formula is C13H21ClN2O. The average molecular weight is 257 g/mol. The van der Waals surface area contributed by atoms with Crippen LogP contribution in [-0.4, -0.2) is 30.3 Å². The molecule has 1 aliphatic heterocycles. The molecule has 17 heavy (non-hydrogen) atoms. The van der Waals surface area contributed by atoms with Crippen molar-refractivity contribution in [2.24, 2.45) is 0 Å². The summed E-state index contributed by atoms with van der Waals surface area (Å²) in [7, 11) is 0. The van der Waals surface area contributed by atoms with Crippen LogP contribution >= 0.6 is 12.4 Å². The van der Waals surface area contributed by atoms with E-state index in [0.29, 0.717) is 0 Å². The minimum Gasteiger partial charge on any atom is -0.394 e. The highest BCUT2D eigenvalue weighted by atomic mass is 35.5. The van der Waals surface area contributed by atoms with Crippen molar-refractivity contribution in [2.45, 2.75) is 25.3 Å². The van der Waals surface area contributed by atoms with Gasteiger partial charge in [0.05, 0.1) is 12.1 Å². The zero-order valence-corrected chi connectivity index (χ0v) is 11.0. The van der Waals surface area contributed by atoms with Crippen molar-refractivity contribution in [2.75, 3.05) is 25.0 Å². The van der Waals surface area contributed by atoms with E-state index >= 15 is 0 Å². The fourth-order valence-corrected chi connectivity index (χ4v) is 2.26. The molecular weight excluding hydrogens is 236 g/mol. The van der Waals surface area contributed by atoms with E-state index in [9.17, 15) is 5.11 Å². The molecule has 0 spiro atoms. The second-order valence-electron chi connectivity index (χ2n) is 4.68. The lowest BCUT2D eigenvalue weighted by atomic mass is 9.89. The van der Waals surface area contributed by atoms with Gasteiger partial charge in [0.1, 0.15) is 0 Å². The van der Waals surface area contributed by atoms with Crippen LogP contribution in [0.25, 0.3) is 0 Å². The van der Waals surface area contributed by atoms with Crippen molar-refractivity contribution in [1.82, 2.24) is 5.32 Å². The van der Waals surface area contributed by atoms with Gasteiger partial charge in [-0.25, -0.2) is 0 Å². The van der Waals surface area contributed by atoms with Crippen molar-refractivity contribution in [1.29, 1.82) is 0 Å². The molecule has 0 aliphatic carbocycles. The van der Waals surface area contributed by atoms with E-state index in [2.05, 4.69) is 35.8 Å². The van der Waals surface area contributed by atoms with E-state index in [1.807, 2.05) is 6.07 Å². The van der Waals surface area contributed by atoms with Gasteiger partial charge in [-0.2, -0.15) is 0 Å². The zero-order chi connectivity index (χ0) is 11.4. The summed E-state index contributed by atoms with van der Waals surface area (Å²) in [6, 6.07) is 8.31. The van der Waals surface area contributed by atoms with Crippen LogP contribution in [0.1, 0.15) is 18.4 Å². The number of nitrogens with one attached hydrogen (secondary N) is 2. The largest absolute Gasteiger partial charge is 0.394 e. The Morgan fingerprint density at radius 1 is 1.35 bits per heavy atom. The molecule has 1 aromatic rings. The van der Waals surface area contributed by atoms with Gasteiger partial charge in [0, 0.05) is 5.69 Å². The molecule has 1 aliphatic rings. The van der Waals surface area contributed by atoms with Gasteiger partial charge in [-0.05, 0) is 50.6 Å². The number of rotatable bonds is 3. The van der Waals surface area contributed by atoms with E-state index in [4.69, 9.17) is 0 Å². The Labute approximate surface area is 109 Å². The third-order valence-electron chi connectivity index (χ3n) is 3.29. The molecule has 1 fully saturated rings. The Kier molecular flexibility index (Phi) is 5.25. The molecule has 3 nitrogen and oxygen atoms in total. The Morgan fingerprint density at radius 3 is 2.65 bits per heavy atom. The summed E-state index contributed by atoms with van der Waals surface area (Å²) in [5.74, 6) is 0. The summed E-state index contributed by atoms with van der Waals surface area (Å²) in [6.45, 7) is 4.22. The maximum atomic E-state index is 9.58. The fourth-order valence-electron chi connectivity index (χ4n) is 2.26. The number of piperidine rings is 1. The van der Waals surface area contributed by atoms with Crippen LogP contribution in [0.3, 0.4) is 0 Å². The first kappa shape index (κ1) is 14.3. The van der Waals surface area contributed by atoms with Gasteiger partial charge in [-0.15, -0.1) is 12.4 Å². The smallest absolute Gasteiger partial charge is 0.0662 e. The molecule has 1 saturated heterocycles. The minimum absolute atomic E-state index is 0. The summed E-state index contributed by atoms with van der Waals surface area (Å²) in [5.41, 5.74) is 2.21. The Hall–Kier alpha value is -0.770. The minimum atomic E-state index is -0.140. The van der Waals surface area contributed by atoms with Crippen LogP contribution < -0.4 is 10.6 Å². The van der Waals surface area contributed by atoms with Crippen molar-refractivity contribution in [3.8, 4) is 0 Å². The van der Waals surface area contributed by atoms with Crippen molar-refractivity contribution < 1.29 is 5.11 Å². The average Bonchev–Trinajstić information content (AvgIpc) is 2.30. The molecule has 0 saturated carbocycles. The van der Waals surface area contributed by atoms with E-state index in [0.717, 1.165) is 31.6 Å². The van der Waals surface area contributed by atoms with Gasteiger partial charge in [-0.3, -0.25) is 0 Å². The van der Waals surface area contributed by atoms with Crippen LogP contribution in [0, 0.1) is 6.92 Å². The monoisotopic (exact) mass is 256 g/mol. The Balaban J connectivity index is 0.00000144. The molecule has 0 unspecified atom stereocenters. The van der Waals surface area contributed by atoms with E-state index in [-0.39, 0.29) is 24.6 Å². The highest BCUT2D eigenvalue weighted by Crippen LogP contribution is 2.24. The summed E-state index contributed by atoms with van der Waals surface area (Å²) in [5, 5.41) is 16.4. The Bertz CT molecular complexity index is 351. The molecule has 96 valence electrons. The highest BCUT2D eigenvalue weighted by molar-refractivity contribution is 5.85. The van der Waals surface area contributed by atoms with Crippen LogP contribution in [0.15, 0.2) is 24.3 Å². The molecule has 0 atom stereocenters. The number of aryl methyl sites for hydroxylation is 1. The summed E-state index contributed by atoms with van der Waals surface area (Å²) >= 11 is 0. The van der Waals surface area contributed by atoms with Crippen molar-refractivity contribution in [3.63, 3.8) is 0 Å². The van der Waals surface area contributed by atoms with Crippen LogP contribution in [0.2, 0.25) is 0 Å². The lowest BCUT2D eigenvalue weighted by molar-refractivity contribution is 0.179. The Morgan fingerprint density at radius 2 is 2.06 bits per heavy atom. The third kappa shape index (κ3) is 3.60. The number of benzene rings is 1. The standard InChI is InChI=1S/C13H20N2O.ClH/c1-11-3-2-4-12(9-11)15-13(10-16)5-7-14-8-6-13;/h2-4,9,14-16H,5-8,10H2,1H3;1H. The van der Waals surface area contributed by atoms with Gasteiger partial charge >= 0.3 is 0 Å². The first-order valence-electron chi connectivity index (χ1n) is 5.91. The quantitative estimate of drug-likeness (QED) is 0.775. The van der Waals surface area contributed by atoms with Gasteiger partial charge in [0.25, 0.3) is 0 Å². The van der Waals surface area contributed by atoms with Gasteiger partial charge in [-0.1, -0.05) is 12.1 Å². The van der Waals surface area contributed by atoms with E-state index in [1.54, 1.807) is 0 Å². The molecule has 0 bridgehead atoms. The number of hydrogen-bond donors (Lipinski definition) is 3. The SMILES string of the molecule is Cc1cccc(NC2(CO)CCNCC2)c1.Cl. The van der Waals surface area contributed by atoms with Crippen LogP contribution in [0.5, 0.6) is 0 Å². The van der Waals surface area contributed by atoms with Crippen LogP contribution in [0.4, 0.5) is 5.69 Å². The zero-order valence-electron chi connectivity index (χ0n) is 10.2. The molecule has 1 aromatic carbocycles. The van der Waals surface area contributed by atoms with Gasteiger partial charge < -0.3 is 15.7 Å². The first-order chi connectivity index (χ1) is 7.74. The van der Waals surface area contributed by atoms with Gasteiger partial charge in [0.2, 0.25) is 0 Å². The van der Waals surface area contributed by atoms with Crippen LogP contribution in [-0.2, 0) is 0 Å².